The number of pyridine rings is 1. The van der Waals surface area contributed by atoms with Crippen LogP contribution in [0.1, 0.15) is 10.5 Å². The third-order valence-corrected chi connectivity index (χ3v) is 4.52. The number of thiazole rings is 1. The van der Waals surface area contributed by atoms with Crippen molar-refractivity contribution in [1.29, 1.82) is 0 Å². The highest BCUT2D eigenvalue weighted by atomic mass is 32.1. The molecule has 5 heteroatoms. The van der Waals surface area contributed by atoms with Crippen molar-refractivity contribution in [3.05, 3.63) is 78.1 Å². The van der Waals surface area contributed by atoms with Gasteiger partial charge >= 0.3 is 0 Å². The number of hydrogen-bond acceptors (Lipinski definition) is 4. The molecule has 0 fully saturated rings. The van der Waals surface area contributed by atoms with Gasteiger partial charge in [-0.1, -0.05) is 36.4 Å². The Morgan fingerprint density at radius 1 is 0.917 bits per heavy atom. The molecule has 0 saturated heterocycles. The Bertz CT molecular complexity index is 992. The van der Waals surface area contributed by atoms with E-state index < -0.39 is 0 Å². The zero-order chi connectivity index (χ0) is 16.4. The molecular formula is C19H13N3OS. The summed E-state index contributed by atoms with van der Waals surface area (Å²) in [5.74, 6) is -0.225. The van der Waals surface area contributed by atoms with Gasteiger partial charge in [-0.2, -0.15) is 0 Å². The second-order valence-corrected chi connectivity index (χ2v) is 6.11. The van der Waals surface area contributed by atoms with Gasteiger partial charge in [0.05, 0.1) is 0 Å². The Kier molecular flexibility index (Phi) is 3.76. The van der Waals surface area contributed by atoms with Gasteiger partial charge in [0.1, 0.15) is 10.7 Å². The summed E-state index contributed by atoms with van der Waals surface area (Å²) in [6, 6.07) is 17.2. The molecule has 0 aliphatic heterocycles. The van der Waals surface area contributed by atoms with Gasteiger partial charge in [0, 0.05) is 34.4 Å². The van der Waals surface area contributed by atoms with Crippen LogP contribution in [0.4, 0.5) is 5.69 Å². The molecule has 2 aromatic heterocycles. The van der Waals surface area contributed by atoms with Crippen LogP contribution in [0.15, 0.2) is 72.4 Å². The number of hydrogen-bond donors (Lipinski definition) is 1. The largest absolute Gasteiger partial charge is 0.320 e. The number of rotatable bonds is 3. The minimum absolute atomic E-state index is 0.225. The number of nitrogens with zero attached hydrogens (tertiary/aromatic N) is 2. The first-order valence-electron chi connectivity index (χ1n) is 7.47. The van der Waals surface area contributed by atoms with Crippen LogP contribution in [0.25, 0.3) is 21.3 Å². The molecular weight excluding hydrogens is 318 g/mol. The number of benzene rings is 2. The SMILES string of the molecule is O=C(Nc1cccc2cccc(-c3nccs3)c12)c1ccccn1. The van der Waals surface area contributed by atoms with Crippen molar-refractivity contribution >= 4 is 33.7 Å². The molecule has 0 saturated carbocycles. The number of carbonyl (C=O) groups excluding carboxylic acids is 1. The maximum Gasteiger partial charge on any atom is 0.274 e. The molecule has 4 nitrogen and oxygen atoms in total. The third kappa shape index (κ3) is 2.66. The van der Waals surface area contributed by atoms with E-state index in [1.165, 1.54) is 0 Å². The van der Waals surface area contributed by atoms with Gasteiger partial charge in [0.2, 0.25) is 0 Å². The predicted octanol–water partition coefficient (Wildman–Crippen LogP) is 4.61. The number of anilines is 1. The lowest BCUT2D eigenvalue weighted by molar-refractivity contribution is 0.102. The van der Waals surface area contributed by atoms with Crippen molar-refractivity contribution < 1.29 is 4.79 Å². The molecule has 1 amide bonds. The summed E-state index contributed by atoms with van der Waals surface area (Å²) in [6.07, 6.45) is 3.40. The molecule has 116 valence electrons. The molecule has 0 unspecified atom stereocenters. The fraction of sp³-hybridized carbons (Fsp3) is 0. The van der Waals surface area contributed by atoms with Gasteiger partial charge in [-0.3, -0.25) is 9.78 Å². The highest BCUT2D eigenvalue weighted by Crippen LogP contribution is 2.35. The molecule has 4 rings (SSSR count). The summed E-state index contributed by atoms with van der Waals surface area (Å²) >= 11 is 1.58. The van der Waals surface area contributed by atoms with Crippen molar-refractivity contribution in [3.63, 3.8) is 0 Å². The van der Waals surface area contributed by atoms with Crippen LogP contribution in [0.2, 0.25) is 0 Å². The van der Waals surface area contributed by atoms with E-state index in [-0.39, 0.29) is 5.91 Å². The molecule has 24 heavy (non-hydrogen) atoms. The Balaban J connectivity index is 1.83. The van der Waals surface area contributed by atoms with Gasteiger partial charge in [-0.25, -0.2) is 4.98 Å². The van der Waals surface area contributed by atoms with Crippen LogP contribution in [-0.2, 0) is 0 Å². The second kappa shape index (κ2) is 6.22. The van der Waals surface area contributed by atoms with Crippen molar-refractivity contribution in [3.8, 4) is 10.6 Å². The van der Waals surface area contributed by atoms with Crippen molar-refractivity contribution in [2.24, 2.45) is 0 Å². The molecule has 0 radical (unpaired) electrons. The maximum atomic E-state index is 12.5. The highest BCUT2D eigenvalue weighted by Gasteiger charge is 2.13. The van der Waals surface area contributed by atoms with E-state index in [0.29, 0.717) is 5.69 Å². The van der Waals surface area contributed by atoms with Gasteiger partial charge in [0.15, 0.2) is 0 Å². The molecule has 0 bridgehead atoms. The first-order valence-corrected chi connectivity index (χ1v) is 8.35. The normalized spacial score (nSPS) is 10.7. The quantitative estimate of drug-likeness (QED) is 0.596. The van der Waals surface area contributed by atoms with Gasteiger partial charge < -0.3 is 5.32 Å². The smallest absolute Gasteiger partial charge is 0.274 e. The van der Waals surface area contributed by atoms with Crippen LogP contribution in [0.3, 0.4) is 0 Å². The molecule has 4 aromatic rings. The molecule has 0 spiro atoms. The molecule has 2 heterocycles. The third-order valence-electron chi connectivity index (χ3n) is 3.71. The predicted molar refractivity (Wildman–Crippen MR) is 97.2 cm³/mol. The first-order chi connectivity index (χ1) is 11.8. The Morgan fingerprint density at radius 3 is 2.54 bits per heavy atom. The number of fused-ring (bicyclic) bond motifs is 1. The average Bonchev–Trinajstić information content (AvgIpc) is 3.17. The summed E-state index contributed by atoms with van der Waals surface area (Å²) in [7, 11) is 0. The molecule has 0 aliphatic carbocycles. The summed E-state index contributed by atoms with van der Waals surface area (Å²) in [5.41, 5.74) is 2.16. The highest BCUT2D eigenvalue weighted by molar-refractivity contribution is 7.13. The van der Waals surface area contributed by atoms with E-state index in [4.69, 9.17) is 0 Å². The molecule has 2 aromatic carbocycles. The van der Waals surface area contributed by atoms with Crippen LogP contribution in [0, 0.1) is 0 Å². The van der Waals surface area contributed by atoms with Crippen molar-refractivity contribution in [1.82, 2.24) is 9.97 Å². The van der Waals surface area contributed by atoms with Crippen LogP contribution < -0.4 is 5.32 Å². The number of amides is 1. The standard InChI is InChI=1S/C19H13N3OS/c23-18(16-8-1-2-10-20-16)22-15-9-4-6-13-5-3-7-14(17(13)15)19-21-11-12-24-19/h1-12H,(H,22,23). The summed E-state index contributed by atoms with van der Waals surface area (Å²) < 4.78 is 0. The molecule has 1 N–H and O–H groups in total. The van der Waals surface area contributed by atoms with Gasteiger partial charge in [-0.15, -0.1) is 11.3 Å². The van der Waals surface area contributed by atoms with E-state index >= 15 is 0 Å². The Labute approximate surface area is 142 Å². The average molecular weight is 331 g/mol. The van der Waals surface area contributed by atoms with Crippen LogP contribution in [0.5, 0.6) is 0 Å². The topological polar surface area (TPSA) is 54.9 Å². The fourth-order valence-corrected chi connectivity index (χ4v) is 3.33. The zero-order valence-electron chi connectivity index (χ0n) is 12.6. The lowest BCUT2D eigenvalue weighted by Gasteiger charge is -2.11. The van der Waals surface area contributed by atoms with E-state index in [2.05, 4.69) is 15.3 Å². The monoisotopic (exact) mass is 331 g/mol. The lowest BCUT2D eigenvalue weighted by atomic mass is 10.0. The minimum Gasteiger partial charge on any atom is -0.320 e. The Hall–Kier alpha value is -3.05. The first kappa shape index (κ1) is 14.5. The van der Waals surface area contributed by atoms with E-state index in [0.717, 1.165) is 27.0 Å². The van der Waals surface area contributed by atoms with Gasteiger partial charge in [0.25, 0.3) is 5.91 Å². The summed E-state index contributed by atoms with van der Waals surface area (Å²) in [6.45, 7) is 0. The zero-order valence-corrected chi connectivity index (χ0v) is 13.5. The maximum absolute atomic E-state index is 12.5. The summed E-state index contributed by atoms with van der Waals surface area (Å²) in [4.78, 5) is 21.0. The van der Waals surface area contributed by atoms with Gasteiger partial charge in [-0.05, 0) is 23.6 Å². The van der Waals surface area contributed by atoms with E-state index in [1.807, 2.05) is 41.8 Å². The van der Waals surface area contributed by atoms with Crippen LogP contribution in [-0.4, -0.2) is 15.9 Å². The van der Waals surface area contributed by atoms with E-state index in [9.17, 15) is 4.79 Å². The second-order valence-electron chi connectivity index (χ2n) is 5.22. The number of carbonyl (C=O) groups is 1. The Morgan fingerprint density at radius 2 is 1.79 bits per heavy atom. The minimum atomic E-state index is -0.225. The lowest BCUT2D eigenvalue weighted by Crippen LogP contribution is -2.13. The van der Waals surface area contributed by atoms with Crippen molar-refractivity contribution in [2.75, 3.05) is 5.32 Å². The van der Waals surface area contributed by atoms with E-state index in [1.54, 1.807) is 41.9 Å². The summed E-state index contributed by atoms with van der Waals surface area (Å²) in [5, 5.41) is 7.90. The molecule has 0 aliphatic rings. The fourth-order valence-electron chi connectivity index (χ4n) is 2.66. The van der Waals surface area contributed by atoms with Crippen molar-refractivity contribution in [2.45, 2.75) is 0 Å². The van der Waals surface area contributed by atoms with Crippen LogP contribution >= 0.6 is 11.3 Å². The number of aromatic nitrogens is 2. The molecule has 0 atom stereocenters. The number of nitrogens with one attached hydrogen (secondary N) is 1.